The Balaban J connectivity index is 1.98. The smallest absolute Gasteiger partial charge is 0.248 e. The summed E-state index contributed by atoms with van der Waals surface area (Å²) in [6.45, 7) is 4.02. The lowest BCUT2D eigenvalue weighted by molar-refractivity contribution is 0.100. The van der Waals surface area contributed by atoms with Crippen LogP contribution in [0.5, 0.6) is 0 Å². The van der Waals surface area contributed by atoms with Gasteiger partial charge >= 0.3 is 0 Å². The molecule has 1 unspecified atom stereocenters. The van der Waals surface area contributed by atoms with Gasteiger partial charge in [-0.2, -0.15) is 0 Å². The molecule has 6 nitrogen and oxygen atoms in total. The Morgan fingerprint density at radius 2 is 2.15 bits per heavy atom. The van der Waals surface area contributed by atoms with Crippen molar-refractivity contribution in [3.8, 4) is 0 Å². The second kappa shape index (κ2) is 6.11. The highest BCUT2D eigenvalue weighted by molar-refractivity contribution is 5.94. The Kier molecular flexibility index (Phi) is 4.46. The Hall–Kier alpha value is -1.79. The van der Waals surface area contributed by atoms with Gasteiger partial charge in [-0.05, 0) is 32.3 Å². The van der Waals surface area contributed by atoms with Crippen molar-refractivity contribution in [2.45, 2.75) is 6.04 Å². The number of nitrogens with two attached hydrogens (primary N) is 2. The number of carbonyl (C=O) groups excluding carboxylic acids is 1. The van der Waals surface area contributed by atoms with Gasteiger partial charge in [-0.15, -0.1) is 0 Å². The molecule has 1 aromatic carbocycles. The molecular weight excluding hydrogens is 254 g/mol. The SMILES string of the molecule is CN1CCN(C)C(CNc2ccc(C(N)=O)cc2N)C1. The van der Waals surface area contributed by atoms with Crippen molar-refractivity contribution < 1.29 is 4.79 Å². The minimum Gasteiger partial charge on any atom is -0.397 e. The highest BCUT2D eigenvalue weighted by Crippen LogP contribution is 2.20. The van der Waals surface area contributed by atoms with E-state index >= 15 is 0 Å². The zero-order chi connectivity index (χ0) is 14.7. The standard InChI is InChI=1S/C14H23N5O/c1-18-5-6-19(2)11(9-18)8-17-13-4-3-10(14(16)20)7-12(13)15/h3-4,7,11,17H,5-6,8-9,15H2,1-2H3,(H2,16,20). The number of piperazine rings is 1. The van der Waals surface area contributed by atoms with Crippen LogP contribution in [0.3, 0.4) is 0 Å². The molecule has 5 N–H and O–H groups in total. The summed E-state index contributed by atoms with van der Waals surface area (Å²) in [5.74, 6) is -0.461. The zero-order valence-electron chi connectivity index (χ0n) is 12.1. The maximum absolute atomic E-state index is 11.1. The van der Waals surface area contributed by atoms with Crippen molar-refractivity contribution in [3.63, 3.8) is 0 Å². The summed E-state index contributed by atoms with van der Waals surface area (Å²) in [5.41, 5.74) is 13.0. The summed E-state index contributed by atoms with van der Waals surface area (Å²) in [4.78, 5) is 15.8. The van der Waals surface area contributed by atoms with Crippen LogP contribution in [0.2, 0.25) is 0 Å². The third-order valence-corrected chi connectivity index (χ3v) is 3.84. The molecule has 110 valence electrons. The van der Waals surface area contributed by atoms with E-state index in [2.05, 4.69) is 29.2 Å². The second-order valence-electron chi connectivity index (χ2n) is 5.44. The van der Waals surface area contributed by atoms with Gasteiger partial charge in [-0.1, -0.05) is 0 Å². The molecule has 1 aliphatic heterocycles. The van der Waals surface area contributed by atoms with E-state index in [1.807, 2.05) is 6.07 Å². The number of likely N-dealkylation sites (N-methyl/N-ethyl adjacent to an activating group) is 2. The first-order valence-electron chi connectivity index (χ1n) is 6.79. The molecule has 0 aromatic heterocycles. The molecule has 1 saturated heterocycles. The van der Waals surface area contributed by atoms with Gasteiger partial charge in [0.2, 0.25) is 5.91 Å². The number of anilines is 2. The van der Waals surface area contributed by atoms with E-state index in [0.717, 1.165) is 31.9 Å². The molecule has 1 atom stereocenters. The van der Waals surface area contributed by atoms with Crippen molar-refractivity contribution in [2.24, 2.45) is 5.73 Å². The molecule has 0 saturated carbocycles. The predicted octanol–water partition coefficient (Wildman–Crippen LogP) is 0.0254. The molecule has 6 heteroatoms. The molecule has 1 fully saturated rings. The van der Waals surface area contributed by atoms with Crippen LogP contribution >= 0.6 is 0 Å². The van der Waals surface area contributed by atoms with E-state index in [1.54, 1.807) is 12.1 Å². The lowest BCUT2D eigenvalue weighted by Gasteiger charge is -2.38. The molecule has 20 heavy (non-hydrogen) atoms. The van der Waals surface area contributed by atoms with E-state index in [9.17, 15) is 4.79 Å². The van der Waals surface area contributed by atoms with Crippen LogP contribution in [-0.2, 0) is 0 Å². The van der Waals surface area contributed by atoms with E-state index in [0.29, 0.717) is 17.3 Å². The Bertz CT molecular complexity index is 490. The van der Waals surface area contributed by atoms with Crippen molar-refractivity contribution in [3.05, 3.63) is 23.8 Å². The lowest BCUT2D eigenvalue weighted by atomic mass is 10.1. The largest absolute Gasteiger partial charge is 0.397 e. The molecule has 0 spiro atoms. The fourth-order valence-electron chi connectivity index (χ4n) is 2.43. The summed E-state index contributed by atoms with van der Waals surface area (Å²) >= 11 is 0. The number of nitrogens with one attached hydrogen (secondary N) is 1. The van der Waals surface area contributed by atoms with Crippen LogP contribution in [-0.4, -0.2) is 62.0 Å². The quantitative estimate of drug-likeness (QED) is 0.676. The number of hydrogen-bond acceptors (Lipinski definition) is 5. The topological polar surface area (TPSA) is 87.6 Å². The minimum absolute atomic E-state index is 0.433. The maximum Gasteiger partial charge on any atom is 0.248 e. The van der Waals surface area contributed by atoms with E-state index < -0.39 is 5.91 Å². The zero-order valence-corrected chi connectivity index (χ0v) is 12.1. The number of hydrogen-bond donors (Lipinski definition) is 3. The summed E-state index contributed by atoms with van der Waals surface area (Å²) < 4.78 is 0. The van der Waals surface area contributed by atoms with Crippen LogP contribution in [0.4, 0.5) is 11.4 Å². The van der Waals surface area contributed by atoms with Crippen molar-refractivity contribution >= 4 is 17.3 Å². The first-order chi connectivity index (χ1) is 9.47. The molecule has 1 aromatic rings. The van der Waals surface area contributed by atoms with Gasteiger partial charge in [0.25, 0.3) is 0 Å². The van der Waals surface area contributed by atoms with Crippen LogP contribution in [0.1, 0.15) is 10.4 Å². The Morgan fingerprint density at radius 3 is 2.80 bits per heavy atom. The summed E-state index contributed by atoms with van der Waals surface area (Å²) in [7, 11) is 4.27. The van der Waals surface area contributed by atoms with Crippen LogP contribution in [0, 0.1) is 0 Å². The average molecular weight is 277 g/mol. The number of nitrogens with zero attached hydrogens (tertiary/aromatic N) is 2. The van der Waals surface area contributed by atoms with Crippen LogP contribution in [0.25, 0.3) is 0 Å². The van der Waals surface area contributed by atoms with E-state index in [4.69, 9.17) is 11.5 Å². The predicted molar refractivity (Wildman–Crippen MR) is 81.8 cm³/mol. The number of carbonyl (C=O) groups is 1. The van der Waals surface area contributed by atoms with Gasteiger partial charge in [0.1, 0.15) is 0 Å². The van der Waals surface area contributed by atoms with Crippen molar-refractivity contribution in [2.75, 3.05) is 51.3 Å². The fraction of sp³-hybridized carbons (Fsp3) is 0.500. The summed E-state index contributed by atoms with van der Waals surface area (Å²) in [5, 5.41) is 3.35. The van der Waals surface area contributed by atoms with Crippen molar-refractivity contribution in [1.82, 2.24) is 9.80 Å². The second-order valence-corrected chi connectivity index (χ2v) is 5.44. The molecule has 0 radical (unpaired) electrons. The van der Waals surface area contributed by atoms with E-state index in [-0.39, 0.29) is 0 Å². The monoisotopic (exact) mass is 277 g/mol. The van der Waals surface area contributed by atoms with Gasteiger partial charge in [-0.3, -0.25) is 9.69 Å². The van der Waals surface area contributed by atoms with Crippen LogP contribution in [0.15, 0.2) is 18.2 Å². The maximum atomic E-state index is 11.1. The number of benzene rings is 1. The number of rotatable bonds is 4. The van der Waals surface area contributed by atoms with Gasteiger partial charge < -0.3 is 21.7 Å². The highest BCUT2D eigenvalue weighted by atomic mass is 16.1. The molecule has 1 aliphatic rings. The van der Waals surface area contributed by atoms with E-state index in [1.165, 1.54) is 0 Å². The van der Waals surface area contributed by atoms with Gasteiger partial charge in [0.15, 0.2) is 0 Å². The first kappa shape index (κ1) is 14.6. The molecule has 2 rings (SSSR count). The summed E-state index contributed by atoms with van der Waals surface area (Å²) in [6.07, 6.45) is 0. The van der Waals surface area contributed by atoms with Crippen molar-refractivity contribution in [1.29, 1.82) is 0 Å². The van der Waals surface area contributed by atoms with Gasteiger partial charge in [0, 0.05) is 37.8 Å². The first-order valence-corrected chi connectivity index (χ1v) is 6.79. The van der Waals surface area contributed by atoms with Gasteiger partial charge in [0.05, 0.1) is 11.4 Å². The molecule has 0 aliphatic carbocycles. The number of primary amides is 1. The van der Waals surface area contributed by atoms with Gasteiger partial charge in [-0.25, -0.2) is 0 Å². The fourth-order valence-corrected chi connectivity index (χ4v) is 2.43. The Labute approximate surface area is 119 Å². The summed E-state index contributed by atoms with van der Waals surface area (Å²) in [6, 6.07) is 5.56. The Morgan fingerprint density at radius 1 is 1.40 bits per heavy atom. The molecule has 0 bridgehead atoms. The number of nitrogen functional groups attached to an aromatic ring is 1. The highest BCUT2D eigenvalue weighted by Gasteiger charge is 2.21. The lowest BCUT2D eigenvalue weighted by Crippen LogP contribution is -2.52. The normalized spacial score (nSPS) is 20.8. The molecule has 1 amide bonds. The molecule has 1 heterocycles. The number of amides is 1. The molecular formula is C14H23N5O. The minimum atomic E-state index is -0.461. The third-order valence-electron chi connectivity index (χ3n) is 3.84. The third kappa shape index (κ3) is 3.40. The van der Waals surface area contributed by atoms with Crippen LogP contribution < -0.4 is 16.8 Å². The average Bonchev–Trinajstić information content (AvgIpc) is 2.40.